The number of aromatic hydroxyl groups is 1. The molecule has 3 nitrogen and oxygen atoms in total. The van der Waals surface area contributed by atoms with E-state index in [4.69, 9.17) is 0 Å². The molecule has 2 saturated carbocycles. The van der Waals surface area contributed by atoms with E-state index in [0.717, 1.165) is 35.9 Å². The van der Waals surface area contributed by atoms with Gasteiger partial charge in [0.15, 0.2) is 11.6 Å². The highest BCUT2D eigenvalue weighted by Crippen LogP contribution is 2.54. The Balaban J connectivity index is 0.000000726. The monoisotopic (exact) mass is 326 g/mol. The minimum absolute atomic E-state index is 0. The minimum Gasteiger partial charge on any atom is -0.505 e. The highest BCUT2D eigenvalue weighted by molar-refractivity contribution is 5.64. The maximum Gasteiger partial charge on any atom is 0.155 e. The normalized spacial score (nSPS) is 31.5. The maximum absolute atomic E-state index is 9.35. The van der Waals surface area contributed by atoms with Crippen molar-refractivity contribution in [1.82, 2.24) is 9.97 Å². The van der Waals surface area contributed by atoms with Gasteiger partial charge in [0.25, 0.3) is 0 Å². The largest absolute Gasteiger partial charge is 0.505 e. The molecule has 0 spiro atoms. The molecule has 24 heavy (non-hydrogen) atoms. The second kappa shape index (κ2) is 7.33. The van der Waals surface area contributed by atoms with Crippen LogP contribution >= 0.6 is 0 Å². The average molecular weight is 326 g/mol. The van der Waals surface area contributed by atoms with Crippen LogP contribution in [0.5, 0.6) is 5.75 Å². The molecule has 0 radical (unpaired) electrons. The van der Waals surface area contributed by atoms with Crippen molar-refractivity contribution >= 4 is 5.57 Å². The first kappa shape index (κ1) is 16.9. The number of hydrogen-bond donors (Lipinski definition) is 1. The van der Waals surface area contributed by atoms with Crippen molar-refractivity contribution in [3.05, 3.63) is 49.1 Å². The zero-order chi connectivity index (χ0) is 17.1. The number of rotatable bonds is 2. The fourth-order valence-electron chi connectivity index (χ4n) is 4.24. The quantitative estimate of drug-likeness (QED) is 0.739. The molecule has 4 rings (SSSR count). The summed E-state index contributed by atoms with van der Waals surface area (Å²) in [4.78, 5) is 8.57. The van der Waals surface area contributed by atoms with Gasteiger partial charge in [0, 0.05) is 1.43 Å². The molecular formula is C21H30N2O. The molecule has 0 bridgehead atoms. The Hall–Kier alpha value is -1.90. The lowest BCUT2D eigenvalue weighted by Crippen LogP contribution is -2.15. The Bertz CT molecular complexity index is 630. The minimum atomic E-state index is 0. The van der Waals surface area contributed by atoms with E-state index < -0.39 is 0 Å². The summed E-state index contributed by atoms with van der Waals surface area (Å²) in [5.74, 6) is 4.23. The van der Waals surface area contributed by atoms with Gasteiger partial charge in [-0.05, 0) is 54.9 Å². The van der Waals surface area contributed by atoms with Crippen LogP contribution in [0.4, 0.5) is 0 Å². The van der Waals surface area contributed by atoms with Crippen molar-refractivity contribution < 1.29 is 6.53 Å². The predicted molar refractivity (Wildman–Crippen MR) is 100 cm³/mol. The maximum atomic E-state index is 9.35. The zero-order valence-corrected chi connectivity index (χ0v) is 14.6. The molecule has 0 saturated heterocycles. The molecular weight excluding hydrogens is 296 g/mol. The first-order valence-corrected chi connectivity index (χ1v) is 9.12. The first-order valence-electron chi connectivity index (χ1n) is 9.12. The molecule has 0 amide bonds. The van der Waals surface area contributed by atoms with E-state index in [-0.39, 0.29) is 7.18 Å². The van der Waals surface area contributed by atoms with Gasteiger partial charge in [-0.25, -0.2) is 9.97 Å². The van der Waals surface area contributed by atoms with E-state index in [1.165, 1.54) is 50.1 Å². The average Bonchev–Trinajstić information content (AvgIpc) is 3.38. The van der Waals surface area contributed by atoms with Crippen LogP contribution in [0.25, 0.3) is 5.57 Å². The fraction of sp³-hybridized carbons (Fsp3) is 0.524. The van der Waals surface area contributed by atoms with Crippen LogP contribution in [0, 0.1) is 23.7 Å². The van der Waals surface area contributed by atoms with Crippen LogP contribution in [-0.4, -0.2) is 15.1 Å². The third-order valence-electron chi connectivity index (χ3n) is 5.72. The summed E-state index contributed by atoms with van der Waals surface area (Å²) in [6, 6.07) is 0. The number of aromatic nitrogens is 2. The lowest BCUT2D eigenvalue weighted by atomic mass is 9.77. The zero-order valence-electron chi connectivity index (χ0n) is 14.6. The summed E-state index contributed by atoms with van der Waals surface area (Å²) in [6.07, 6.45) is 15.5. The summed E-state index contributed by atoms with van der Waals surface area (Å²) in [6.45, 7) is 8.39. The fourth-order valence-corrected chi connectivity index (χ4v) is 4.24. The lowest BCUT2D eigenvalue weighted by molar-refractivity contribution is 0.312. The Labute approximate surface area is 146 Å². The van der Waals surface area contributed by atoms with Gasteiger partial charge in [0.1, 0.15) is 0 Å². The number of hydrogen-bond acceptors (Lipinski definition) is 3. The topological polar surface area (TPSA) is 46.0 Å². The Morgan fingerprint density at radius 3 is 2.42 bits per heavy atom. The van der Waals surface area contributed by atoms with E-state index in [9.17, 15) is 5.11 Å². The summed E-state index contributed by atoms with van der Waals surface area (Å²) in [5.41, 5.74) is 2.93. The van der Waals surface area contributed by atoms with Crippen molar-refractivity contribution in [3.63, 3.8) is 0 Å². The van der Waals surface area contributed by atoms with Crippen LogP contribution in [0.2, 0.25) is 0 Å². The molecule has 1 aromatic rings. The molecule has 3 aliphatic carbocycles. The SMILES string of the molecule is C=C.CC1CCC(C2=CC=C(c3ncc(O)cn3)CC3CC23)CC1.[HH]. The van der Waals surface area contributed by atoms with Gasteiger partial charge >= 0.3 is 0 Å². The van der Waals surface area contributed by atoms with Crippen molar-refractivity contribution in [1.29, 1.82) is 0 Å². The van der Waals surface area contributed by atoms with E-state index in [1.807, 2.05) is 0 Å². The number of nitrogens with zero attached hydrogens (tertiary/aromatic N) is 2. The molecule has 130 valence electrons. The van der Waals surface area contributed by atoms with Crippen molar-refractivity contribution in [2.75, 3.05) is 0 Å². The molecule has 0 aromatic carbocycles. The highest BCUT2D eigenvalue weighted by atomic mass is 16.3. The summed E-state index contributed by atoms with van der Waals surface area (Å²) in [5, 5.41) is 9.35. The van der Waals surface area contributed by atoms with Gasteiger partial charge in [-0.3, -0.25) is 0 Å². The third-order valence-corrected chi connectivity index (χ3v) is 5.72. The number of fused-ring (bicyclic) bond motifs is 1. The van der Waals surface area contributed by atoms with Crippen molar-refractivity contribution in [2.45, 2.75) is 45.4 Å². The molecule has 2 atom stereocenters. The van der Waals surface area contributed by atoms with Gasteiger partial charge in [0.2, 0.25) is 0 Å². The van der Waals surface area contributed by atoms with Crippen molar-refractivity contribution in [3.8, 4) is 5.75 Å². The van der Waals surface area contributed by atoms with Crippen LogP contribution < -0.4 is 0 Å². The molecule has 2 unspecified atom stereocenters. The summed E-state index contributed by atoms with van der Waals surface area (Å²) < 4.78 is 0. The Morgan fingerprint density at radius 2 is 1.75 bits per heavy atom. The van der Waals surface area contributed by atoms with Crippen LogP contribution in [0.15, 0.2) is 43.3 Å². The standard InChI is InChI=1S/C19H24N2O.C2H4.H2/c1-12-2-4-13(5-3-12)17-7-6-14(8-15-9-18(15)17)19-20-10-16(22)11-21-19;1-2;/h6-7,10-13,15,18,22H,2-5,8-9H2,1H3;1-2H2;1H. The van der Waals surface area contributed by atoms with Crippen LogP contribution in [0.3, 0.4) is 0 Å². The Morgan fingerprint density at radius 1 is 1.08 bits per heavy atom. The Kier molecular flexibility index (Phi) is 5.17. The van der Waals surface area contributed by atoms with Gasteiger partial charge in [-0.1, -0.05) is 37.5 Å². The molecule has 3 aliphatic rings. The van der Waals surface area contributed by atoms with Crippen LogP contribution in [-0.2, 0) is 0 Å². The molecule has 1 N–H and O–H groups in total. The molecule has 0 aliphatic heterocycles. The van der Waals surface area contributed by atoms with E-state index >= 15 is 0 Å². The molecule has 1 aromatic heterocycles. The van der Waals surface area contributed by atoms with E-state index in [1.54, 1.807) is 5.57 Å². The third kappa shape index (κ3) is 3.61. The van der Waals surface area contributed by atoms with Gasteiger partial charge in [-0.15, -0.1) is 13.2 Å². The van der Waals surface area contributed by atoms with Crippen LogP contribution in [0.1, 0.15) is 52.7 Å². The summed E-state index contributed by atoms with van der Waals surface area (Å²) in [7, 11) is 0. The second-order valence-electron chi connectivity index (χ2n) is 7.39. The predicted octanol–water partition coefficient (Wildman–Crippen LogP) is 5.41. The van der Waals surface area contributed by atoms with Crippen molar-refractivity contribution in [2.24, 2.45) is 23.7 Å². The first-order chi connectivity index (χ1) is 11.7. The van der Waals surface area contributed by atoms with Gasteiger partial charge < -0.3 is 5.11 Å². The molecule has 2 fully saturated rings. The lowest BCUT2D eigenvalue weighted by Gasteiger charge is -2.28. The highest BCUT2D eigenvalue weighted by Gasteiger charge is 2.43. The van der Waals surface area contributed by atoms with E-state index in [2.05, 4.69) is 42.2 Å². The van der Waals surface area contributed by atoms with Gasteiger partial charge in [-0.2, -0.15) is 0 Å². The number of allylic oxidation sites excluding steroid dienone is 4. The molecule has 1 heterocycles. The van der Waals surface area contributed by atoms with E-state index in [0.29, 0.717) is 0 Å². The van der Waals surface area contributed by atoms with Gasteiger partial charge in [0.05, 0.1) is 12.4 Å². The second-order valence-corrected chi connectivity index (χ2v) is 7.39. The summed E-state index contributed by atoms with van der Waals surface area (Å²) >= 11 is 0. The smallest absolute Gasteiger partial charge is 0.155 e. The molecule has 3 heteroatoms.